The summed E-state index contributed by atoms with van der Waals surface area (Å²) in [4.78, 5) is 0. The highest BCUT2D eigenvalue weighted by Crippen LogP contribution is 2.22. The van der Waals surface area contributed by atoms with Gasteiger partial charge < -0.3 is 5.11 Å². The fraction of sp³-hybridized carbons (Fsp3) is 0.273. The summed E-state index contributed by atoms with van der Waals surface area (Å²) in [5, 5.41) is 9.47. The van der Waals surface area contributed by atoms with Crippen molar-refractivity contribution >= 4 is 0 Å². The lowest BCUT2D eigenvalue weighted by atomic mass is 10.0. The smallest absolute Gasteiger partial charge is 0.119 e. The predicted molar refractivity (Wildman–Crippen MR) is 51.5 cm³/mol. The molecule has 0 amide bonds. The van der Waals surface area contributed by atoms with Gasteiger partial charge in [-0.15, -0.1) is 6.58 Å². The first-order valence-corrected chi connectivity index (χ1v) is 4.05. The Hall–Kier alpha value is -1.24. The summed E-state index contributed by atoms with van der Waals surface area (Å²) in [7, 11) is 0. The van der Waals surface area contributed by atoms with Gasteiger partial charge in [-0.2, -0.15) is 0 Å². The Morgan fingerprint density at radius 3 is 2.67 bits per heavy atom. The van der Waals surface area contributed by atoms with Crippen molar-refractivity contribution in [3.05, 3.63) is 41.5 Å². The van der Waals surface area contributed by atoms with Gasteiger partial charge in [-0.05, 0) is 43.0 Å². The average molecular weight is 162 g/mol. The molecule has 1 heteroatoms. The van der Waals surface area contributed by atoms with E-state index in [2.05, 4.69) is 12.6 Å². The summed E-state index contributed by atoms with van der Waals surface area (Å²) in [6, 6.07) is 3.86. The van der Waals surface area contributed by atoms with Gasteiger partial charge >= 0.3 is 0 Å². The van der Waals surface area contributed by atoms with Crippen molar-refractivity contribution in [1.82, 2.24) is 0 Å². The molecule has 12 heavy (non-hydrogen) atoms. The number of allylic oxidation sites excluding steroid dienone is 1. The zero-order chi connectivity index (χ0) is 9.14. The maximum atomic E-state index is 9.47. The first-order chi connectivity index (χ1) is 5.65. The van der Waals surface area contributed by atoms with Crippen LogP contribution in [0.4, 0.5) is 0 Å². The number of phenols is 1. The molecule has 0 aliphatic carbocycles. The van der Waals surface area contributed by atoms with Crippen molar-refractivity contribution in [2.24, 2.45) is 0 Å². The highest BCUT2D eigenvalue weighted by molar-refractivity contribution is 5.42. The summed E-state index contributed by atoms with van der Waals surface area (Å²) in [6.45, 7) is 7.58. The fourth-order valence-electron chi connectivity index (χ4n) is 1.28. The van der Waals surface area contributed by atoms with Crippen LogP contribution in [0.2, 0.25) is 0 Å². The lowest BCUT2D eigenvalue weighted by molar-refractivity contribution is 0.470. The Morgan fingerprint density at radius 2 is 2.08 bits per heavy atom. The molecule has 0 aliphatic heterocycles. The van der Waals surface area contributed by atoms with E-state index in [1.54, 1.807) is 6.07 Å². The third kappa shape index (κ3) is 1.67. The normalized spacial score (nSPS) is 9.83. The first kappa shape index (κ1) is 8.85. The molecular formula is C11H14O. The SMILES string of the molecule is C=CCc1cc(C)cc(O)c1C. The molecule has 1 aromatic rings. The van der Waals surface area contributed by atoms with E-state index in [9.17, 15) is 5.11 Å². The standard InChI is InChI=1S/C11H14O/c1-4-5-10-6-8(2)7-11(12)9(10)3/h4,6-7,12H,1,5H2,2-3H3. The van der Waals surface area contributed by atoms with E-state index < -0.39 is 0 Å². The number of aromatic hydroxyl groups is 1. The molecule has 0 saturated heterocycles. The van der Waals surface area contributed by atoms with Crippen LogP contribution in [0.1, 0.15) is 16.7 Å². The van der Waals surface area contributed by atoms with Crippen LogP contribution in [0.5, 0.6) is 5.75 Å². The molecular weight excluding hydrogens is 148 g/mol. The van der Waals surface area contributed by atoms with Crippen LogP contribution in [0.3, 0.4) is 0 Å². The van der Waals surface area contributed by atoms with E-state index in [0.29, 0.717) is 5.75 Å². The van der Waals surface area contributed by atoms with Crippen LogP contribution in [0.25, 0.3) is 0 Å². The lowest BCUT2D eigenvalue weighted by Crippen LogP contribution is -1.88. The van der Waals surface area contributed by atoms with E-state index in [0.717, 1.165) is 23.1 Å². The van der Waals surface area contributed by atoms with Crippen molar-refractivity contribution in [2.45, 2.75) is 20.3 Å². The number of hydrogen-bond acceptors (Lipinski definition) is 1. The molecule has 0 aliphatic rings. The minimum absolute atomic E-state index is 0.381. The Morgan fingerprint density at radius 1 is 1.42 bits per heavy atom. The molecule has 0 saturated carbocycles. The third-order valence-electron chi connectivity index (χ3n) is 2.00. The minimum Gasteiger partial charge on any atom is -0.508 e. The van der Waals surface area contributed by atoms with Crippen molar-refractivity contribution in [3.63, 3.8) is 0 Å². The number of hydrogen-bond donors (Lipinski definition) is 1. The van der Waals surface area contributed by atoms with Crippen molar-refractivity contribution in [2.75, 3.05) is 0 Å². The van der Waals surface area contributed by atoms with Crippen LogP contribution in [0.15, 0.2) is 24.8 Å². The summed E-state index contributed by atoms with van der Waals surface area (Å²) < 4.78 is 0. The molecule has 1 N–H and O–H groups in total. The molecule has 0 heterocycles. The molecule has 1 aromatic carbocycles. The van der Waals surface area contributed by atoms with Gasteiger partial charge in [0, 0.05) is 0 Å². The molecule has 0 unspecified atom stereocenters. The Bertz CT molecular complexity index is 300. The van der Waals surface area contributed by atoms with E-state index in [4.69, 9.17) is 0 Å². The highest BCUT2D eigenvalue weighted by atomic mass is 16.3. The monoisotopic (exact) mass is 162 g/mol. The van der Waals surface area contributed by atoms with Crippen LogP contribution >= 0.6 is 0 Å². The van der Waals surface area contributed by atoms with E-state index in [-0.39, 0.29) is 0 Å². The summed E-state index contributed by atoms with van der Waals surface area (Å²) >= 11 is 0. The highest BCUT2D eigenvalue weighted by Gasteiger charge is 2.02. The number of benzene rings is 1. The predicted octanol–water partition coefficient (Wildman–Crippen LogP) is 2.74. The zero-order valence-corrected chi connectivity index (χ0v) is 7.59. The van der Waals surface area contributed by atoms with Crippen molar-refractivity contribution in [3.8, 4) is 5.75 Å². The molecule has 0 spiro atoms. The van der Waals surface area contributed by atoms with E-state index in [1.165, 1.54) is 0 Å². The van der Waals surface area contributed by atoms with Gasteiger partial charge in [0.25, 0.3) is 0 Å². The van der Waals surface area contributed by atoms with Gasteiger partial charge in [0.2, 0.25) is 0 Å². The number of aryl methyl sites for hydroxylation is 1. The van der Waals surface area contributed by atoms with Gasteiger partial charge in [0.1, 0.15) is 5.75 Å². The van der Waals surface area contributed by atoms with Crippen molar-refractivity contribution < 1.29 is 5.11 Å². The number of phenolic OH excluding ortho intramolecular Hbond substituents is 1. The second-order valence-corrected chi connectivity index (χ2v) is 3.06. The first-order valence-electron chi connectivity index (χ1n) is 4.05. The van der Waals surface area contributed by atoms with Crippen LogP contribution in [-0.2, 0) is 6.42 Å². The molecule has 64 valence electrons. The molecule has 1 nitrogen and oxygen atoms in total. The maximum absolute atomic E-state index is 9.47. The second kappa shape index (κ2) is 3.44. The Kier molecular flexibility index (Phi) is 2.54. The molecule has 1 rings (SSSR count). The van der Waals surface area contributed by atoms with Crippen LogP contribution in [0, 0.1) is 13.8 Å². The zero-order valence-electron chi connectivity index (χ0n) is 7.59. The minimum atomic E-state index is 0.381. The molecule has 0 bridgehead atoms. The topological polar surface area (TPSA) is 20.2 Å². The largest absolute Gasteiger partial charge is 0.508 e. The van der Waals surface area contributed by atoms with Gasteiger partial charge in [0.15, 0.2) is 0 Å². The van der Waals surface area contributed by atoms with Gasteiger partial charge in [-0.25, -0.2) is 0 Å². The van der Waals surface area contributed by atoms with Gasteiger partial charge in [0.05, 0.1) is 0 Å². The second-order valence-electron chi connectivity index (χ2n) is 3.06. The van der Waals surface area contributed by atoms with Crippen LogP contribution in [-0.4, -0.2) is 5.11 Å². The summed E-state index contributed by atoms with van der Waals surface area (Å²) in [6.07, 6.45) is 2.67. The molecule has 0 fully saturated rings. The maximum Gasteiger partial charge on any atom is 0.119 e. The number of rotatable bonds is 2. The van der Waals surface area contributed by atoms with Crippen LogP contribution < -0.4 is 0 Å². The molecule has 0 atom stereocenters. The summed E-state index contributed by atoms with van der Waals surface area (Å²) in [5.74, 6) is 0.381. The van der Waals surface area contributed by atoms with E-state index >= 15 is 0 Å². The quantitative estimate of drug-likeness (QED) is 0.663. The average Bonchev–Trinajstić information content (AvgIpc) is 2.00. The summed E-state index contributed by atoms with van der Waals surface area (Å²) in [5.41, 5.74) is 3.21. The lowest BCUT2D eigenvalue weighted by Gasteiger charge is -2.06. The molecule has 0 aromatic heterocycles. The van der Waals surface area contributed by atoms with Gasteiger partial charge in [-0.1, -0.05) is 12.1 Å². The van der Waals surface area contributed by atoms with E-state index in [1.807, 2.05) is 19.9 Å². The van der Waals surface area contributed by atoms with Crippen molar-refractivity contribution in [1.29, 1.82) is 0 Å². The third-order valence-corrected chi connectivity index (χ3v) is 2.00. The Labute approximate surface area is 73.4 Å². The van der Waals surface area contributed by atoms with Gasteiger partial charge in [-0.3, -0.25) is 0 Å². The fourth-order valence-corrected chi connectivity index (χ4v) is 1.28. The Balaban J connectivity index is 3.17. The molecule has 0 radical (unpaired) electrons.